The van der Waals surface area contributed by atoms with Gasteiger partial charge in [0.15, 0.2) is 11.5 Å². The molecule has 1 saturated carbocycles. The first-order chi connectivity index (χ1) is 20.5. The lowest BCUT2D eigenvalue weighted by atomic mass is 9.53. The Morgan fingerprint density at radius 3 is 2.36 bits per heavy atom. The predicted octanol–water partition coefficient (Wildman–Crippen LogP) is 2.16. The molecule has 3 aliphatic rings. The summed E-state index contributed by atoms with van der Waals surface area (Å²) in [5.74, 6) is -10.4. The van der Waals surface area contributed by atoms with E-state index >= 15 is 0 Å². The van der Waals surface area contributed by atoms with E-state index in [0.29, 0.717) is 0 Å². The lowest BCUT2D eigenvalue weighted by Crippen LogP contribution is -2.73. The number of carbonyl (C=O) groups is 4. The molecule has 0 aliphatic heterocycles. The van der Waals surface area contributed by atoms with Crippen LogP contribution in [0.25, 0.3) is 5.76 Å². The molecule has 232 valence electrons. The minimum atomic E-state index is -3.07. The van der Waals surface area contributed by atoms with E-state index in [0.717, 1.165) is 0 Å². The highest BCUT2D eigenvalue weighted by Crippen LogP contribution is 2.58. The lowest BCUT2D eigenvalue weighted by molar-refractivity contribution is -0.181. The summed E-state index contributed by atoms with van der Waals surface area (Å²) in [5, 5.41) is 59.8. The Labute approximate surface area is 259 Å². The molecule has 2 amide bonds. The van der Waals surface area contributed by atoms with Crippen LogP contribution in [0, 0.1) is 11.8 Å². The van der Waals surface area contributed by atoms with E-state index < -0.39 is 87.2 Å². The number of Topliss-reactive ketones (excluding diaryl/α,β-unsaturated/α-hetero) is 2. The highest BCUT2D eigenvalue weighted by atomic mass is 35.5. The Morgan fingerprint density at radius 2 is 1.75 bits per heavy atom. The SMILES string of the molecule is CN(C)C1C(=O)C(C(N)=O)=C(O)C2(OC(=O)Nc3cc(Cl)ccc3Cl)C(=O)C3=C(O)c4c(O)cccc4C(C)(O)C3C(O)C12. The molecule has 5 rings (SSSR count). The van der Waals surface area contributed by atoms with E-state index in [-0.39, 0.29) is 26.9 Å². The molecule has 0 radical (unpaired) electrons. The zero-order chi connectivity index (χ0) is 32.6. The fraction of sp³-hybridized carbons (Fsp3) is 0.310. The Morgan fingerprint density at radius 1 is 1.09 bits per heavy atom. The molecule has 6 unspecified atom stereocenters. The maximum atomic E-state index is 14.7. The number of fused-ring (bicyclic) bond motifs is 3. The Balaban J connectivity index is 1.82. The third-order valence-corrected chi connectivity index (χ3v) is 8.99. The second-order valence-electron chi connectivity index (χ2n) is 11.2. The summed E-state index contributed by atoms with van der Waals surface area (Å²) in [4.78, 5) is 55.5. The highest BCUT2D eigenvalue weighted by Gasteiger charge is 2.72. The number of ketones is 2. The summed E-state index contributed by atoms with van der Waals surface area (Å²) in [5.41, 5.74) is -2.12. The van der Waals surface area contributed by atoms with Crippen LogP contribution in [0.1, 0.15) is 18.1 Å². The summed E-state index contributed by atoms with van der Waals surface area (Å²) in [7, 11) is 2.74. The lowest BCUT2D eigenvalue weighted by Gasteiger charge is -2.56. The summed E-state index contributed by atoms with van der Waals surface area (Å²) >= 11 is 12.2. The number of phenolic OH excluding ortho intramolecular Hbond substituents is 1. The summed E-state index contributed by atoms with van der Waals surface area (Å²) in [6.07, 6.45) is -3.47. The van der Waals surface area contributed by atoms with Crippen LogP contribution in [0.15, 0.2) is 53.3 Å². The van der Waals surface area contributed by atoms with Crippen molar-refractivity contribution in [3.63, 3.8) is 0 Å². The zero-order valence-corrected chi connectivity index (χ0v) is 24.8. The average molecular weight is 648 g/mol. The molecular formula is C29H27Cl2N3O10. The molecule has 0 spiro atoms. The number of nitrogens with two attached hydrogens (primary N) is 1. The molecule has 0 heterocycles. The quantitative estimate of drug-likeness (QED) is 0.238. The van der Waals surface area contributed by atoms with Crippen molar-refractivity contribution in [2.75, 3.05) is 19.4 Å². The number of halogens is 2. The van der Waals surface area contributed by atoms with Crippen molar-refractivity contribution in [1.29, 1.82) is 0 Å². The standard InChI is InChI=1S/C29H27Cl2N3O10/c1-28(43)11-5-4-6-14(35)15(11)21(36)16-18(28)23(38)19-20(34(2)3)22(37)17(26(32)41)25(40)29(19,24(16)39)44-27(42)33-13-9-10(30)7-8-12(13)31/h4-9,18-20,23,35-36,38,40,43H,1-3H3,(H2,32,41)(H,33,42). The van der Waals surface area contributed by atoms with Gasteiger partial charge < -0.3 is 36.0 Å². The van der Waals surface area contributed by atoms with Crippen molar-refractivity contribution in [3.05, 3.63) is 74.5 Å². The average Bonchev–Trinajstić information content (AvgIpc) is 2.92. The molecular weight excluding hydrogens is 621 g/mol. The van der Waals surface area contributed by atoms with Gasteiger partial charge >= 0.3 is 6.09 Å². The van der Waals surface area contributed by atoms with Gasteiger partial charge in [-0.15, -0.1) is 0 Å². The van der Waals surface area contributed by atoms with E-state index in [1.165, 1.54) is 62.3 Å². The largest absolute Gasteiger partial charge is 0.507 e. The van der Waals surface area contributed by atoms with Crippen molar-refractivity contribution < 1.29 is 49.4 Å². The van der Waals surface area contributed by atoms with E-state index in [9.17, 15) is 44.7 Å². The number of phenols is 1. The molecule has 0 aromatic heterocycles. The van der Waals surface area contributed by atoms with Crippen molar-refractivity contribution >= 4 is 58.2 Å². The van der Waals surface area contributed by atoms with Gasteiger partial charge in [0.2, 0.25) is 11.4 Å². The third kappa shape index (κ3) is 4.26. The van der Waals surface area contributed by atoms with Crippen LogP contribution in [0.5, 0.6) is 5.75 Å². The third-order valence-electron chi connectivity index (χ3n) is 8.42. The zero-order valence-electron chi connectivity index (χ0n) is 23.3. The number of carbonyl (C=O) groups excluding carboxylic acids is 4. The number of likely N-dealkylation sites (N-methyl/N-ethyl adjacent to an activating group) is 1. The van der Waals surface area contributed by atoms with Crippen LogP contribution in [-0.2, 0) is 24.7 Å². The molecule has 13 nitrogen and oxygen atoms in total. The van der Waals surface area contributed by atoms with Gasteiger partial charge in [0, 0.05) is 5.02 Å². The number of ether oxygens (including phenoxy) is 1. The molecule has 2 aromatic carbocycles. The van der Waals surface area contributed by atoms with Crippen molar-refractivity contribution in [2.45, 2.75) is 30.3 Å². The van der Waals surface area contributed by atoms with Crippen molar-refractivity contribution in [1.82, 2.24) is 4.90 Å². The first-order valence-corrected chi connectivity index (χ1v) is 13.8. The number of aliphatic hydroxyl groups excluding tert-OH is 3. The summed E-state index contributed by atoms with van der Waals surface area (Å²) < 4.78 is 5.62. The second kappa shape index (κ2) is 10.5. The number of hydrogen-bond donors (Lipinski definition) is 7. The van der Waals surface area contributed by atoms with E-state index in [1.54, 1.807) is 0 Å². The number of aliphatic hydroxyl groups is 4. The number of nitrogens with one attached hydrogen (secondary N) is 1. The van der Waals surface area contributed by atoms with Crippen molar-refractivity contribution in [2.24, 2.45) is 17.6 Å². The molecule has 3 aliphatic carbocycles. The van der Waals surface area contributed by atoms with Crippen LogP contribution in [0.4, 0.5) is 10.5 Å². The summed E-state index contributed by atoms with van der Waals surface area (Å²) in [6, 6.07) is 6.29. The molecule has 6 atom stereocenters. The fourth-order valence-electron chi connectivity index (χ4n) is 6.61. The normalized spacial score (nSPS) is 29.6. The van der Waals surface area contributed by atoms with Crippen LogP contribution in [-0.4, -0.2) is 85.8 Å². The minimum Gasteiger partial charge on any atom is -0.507 e. The predicted molar refractivity (Wildman–Crippen MR) is 156 cm³/mol. The Hall–Kier alpha value is -4.14. The minimum absolute atomic E-state index is 0.00573. The van der Waals surface area contributed by atoms with Gasteiger partial charge in [0.1, 0.15) is 17.1 Å². The van der Waals surface area contributed by atoms with Crippen LogP contribution < -0.4 is 11.1 Å². The molecule has 8 N–H and O–H groups in total. The molecule has 0 bridgehead atoms. The number of nitrogens with zero attached hydrogens (tertiary/aromatic N) is 1. The van der Waals surface area contributed by atoms with Gasteiger partial charge in [-0.3, -0.25) is 24.6 Å². The first kappa shape index (κ1) is 31.3. The second-order valence-corrected chi connectivity index (χ2v) is 12.0. The molecule has 2 aromatic rings. The Kier molecular flexibility index (Phi) is 7.46. The number of primary amides is 1. The topological polar surface area (TPSA) is 220 Å². The number of aromatic hydroxyl groups is 1. The monoisotopic (exact) mass is 647 g/mol. The highest BCUT2D eigenvalue weighted by molar-refractivity contribution is 6.35. The molecule has 15 heteroatoms. The van der Waals surface area contributed by atoms with Gasteiger partial charge in [-0.2, -0.15) is 0 Å². The van der Waals surface area contributed by atoms with Gasteiger partial charge in [-0.05, 0) is 50.8 Å². The van der Waals surface area contributed by atoms with Gasteiger partial charge in [-0.25, -0.2) is 4.79 Å². The number of rotatable bonds is 4. The van der Waals surface area contributed by atoms with Gasteiger partial charge in [-0.1, -0.05) is 35.3 Å². The van der Waals surface area contributed by atoms with Crippen LogP contribution >= 0.6 is 23.2 Å². The van der Waals surface area contributed by atoms with Gasteiger partial charge in [0.25, 0.3) is 5.91 Å². The fourth-order valence-corrected chi connectivity index (χ4v) is 6.95. The van der Waals surface area contributed by atoms with Crippen LogP contribution in [0.3, 0.4) is 0 Å². The maximum Gasteiger partial charge on any atom is 0.413 e. The Bertz CT molecular complexity index is 1720. The molecule has 44 heavy (non-hydrogen) atoms. The smallest absolute Gasteiger partial charge is 0.413 e. The maximum absolute atomic E-state index is 14.7. The molecule has 1 fully saturated rings. The number of anilines is 1. The number of hydrogen-bond acceptors (Lipinski definition) is 11. The number of amides is 2. The number of benzene rings is 2. The van der Waals surface area contributed by atoms with Gasteiger partial charge in [0.05, 0.1) is 51.4 Å². The molecule has 0 saturated heterocycles. The van der Waals surface area contributed by atoms with E-state index in [2.05, 4.69) is 5.32 Å². The van der Waals surface area contributed by atoms with Crippen LogP contribution in [0.2, 0.25) is 10.0 Å². The first-order valence-electron chi connectivity index (χ1n) is 13.1. The van der Waals surface area contributed by atoms with E-state index in [1.807, 2.05) is 0 Å². The van der Waals surface area contributed by atoms with Crippen molar-refractivity contribution in [3.8, 4) is 5.75 Å². The van der Waals surface area contributed by atoms with E-state index in [4.69, 9.17) is 33.7 Å². The summed E-state index contributed by atoms with van der Waals surface area (Å²) in [6.45, 7) is 1.22.